The molecule has 0 fully saturated rings. The van der Waals surface area contributed by atoms with Gasteiger partial charge in [0.05, 0.1) is 6.04 Å². The summed E-state index contributed by atoms with van der Waals surface area (Å²) in [6, 6.07) is -15.2. The second-order valence-electron chi connectivity index (χ2n) is 27.4. The molecule has 0 spiro atoms. The van der Waals surface area contributed by atoms with Crippen LogP contribution in [-0.4, -0.2) is 206 Å². The molecule has 0 aliphatic heterocycles. The van der Waals surface area contributed by atoms with Crippen LogP contribution in [0.15, 0.2) is 15.0 Å². The van der Waals surface area contributed by atoms with Gasteiger partial charge in [0.15, 0.2) is 17.9 Å². The maximum Gasteiger partial charge on any atom is 0.326 e. The fraction of sp³-hybridized carbons (Fsp3) is 0.773. The molecule has 0 saturated heterocycles. The maximum absolute atomic E-state index is 14.5. The molecule has 0 rings (SSSR count). The minimum absolute atomic E-state index is 0.00393. The Balaban J connectivity index is 6.95. The lowest BCUT2D eigenvalue weighted by Gasteiger charge is -2.29. The first-order valence-corrected chi connectivity index (χ1v) is 36.0. The molecule has 0 aliphatic carbocycles. The molecule has 13 unspecified atom stereocenters. The first-order valence-electron chi connectivity index (χ1n) is 36.0. The fourth-order valence-corrected chi connectivity index (χ4v) is 10.5. The summed E-state index contributed by atoms with van der Waals surface area (Å²) in [6.45, 7) is 18.1. The third-order valence-corrected chi connectivity index (χ3v) is 16.5. The van der Waals surface area contributed by atoms with Crippen LogP contribution in [0.25, 0.3) is 0 Å². The van der Waals surface area contributed by atoms with E-state index < -0.39 is 149 Å². The Hall–Kier alpha value is -8.71. The first kappa shape index (κ1) is 94.3. The van der Waals surface area contributed by atoms with Gasteiger partial charge in [-0.25, -0.2) is 4.79 Å². The van der Waals surface area contributed by atoms with Crippen molar-refractivity contribution < 1.29 is 62.6 Å². The van der Waals surface area contributed by atoms with Crippen molar-refractivity contribution in [2.75, 3.05) is 39.3 Å². The van der Waals surface area contributed by atoms with E-state index >= 15 is 0 Å². The van der Waals surface area contributed by atoms with Gasteiger partial charge in [-0.2, -0.15) is 0 Å². The summed E-state index contributed by atoms with van der Waals surface area (Å²) < 4.78 is 0. The number of carboxylic acid groups (broad SMARTS) is 1. The molecule has 0 aromatic rings. The molecule has 0 aliphatic rings. The van der Waals surface area contributed by atoms with Crippen LogP contribution < -0.4 is 116 Å². The monoisotopic (exact) mass is 1470 g/mol. The van der Waals surface area contributed by atoms with E-state index in [9.17, 15) is 62.6 Å². The highest BCUT2D eigenvalue weighted by atomic mass is 16.4. The zero-order valence-corrected chi connectivity index (χ0v) is 62.4. The second-order valence-corrected chi connectivity index (χ2v) is 27.4. The highest BCUT2D eigenvalue weighted by molar-refractivity contribution is 5.99. The number of nitrogens with one attached hydrogen (secondary N) is 11. The number of carboxylic acids is 1. The molecule has 37 heteroatoms. The van der Waals surface area contributed by atoms with Crippen molar-refractivity contribution in [3.63, 3.8) is 0 Å². The van der Waals surface area contributed by atoms with Crippen LogP contribution in [0.5, 0.6) is 0 Å². The van der Waals surface area contributed by atoms with Crippen molar-refractivity contribution in [3.05, 3.63) is 0 Å². The molecule has 32 N–H and O–H groups in total. The molecule has 590 valence electrons. The lowest BCUT2D eigenvalue weighted by atomic mass is 9.97. The number of amides is 11. The number of unbranched alkanes of at least 4 members (excludes halogenated alkanes) is 3. The van der Waals surface area contributed by atoms with E-state index in [4.69, 9.17) is 57.3 Å². The Bertz CT molecular complexity index is 2740. The summed E-state index contributed by atoms with van der Waals surface area (Å²) in [5.74, 6) is -11.3. The molecule has 0 aromatic carbocycles. The number of guanidine groups is 3. The third kappa shape index (κ3) is 41.2. The van der Waals surface area contributed by atoms with Crippen LogP contribution in [0.1, 0.15) is 191 Å². The van der Waals surface area contributed by atoms with Gasteiger partial charge in [-0.05, 0) is 173 Å². The molecule has 0 saturated carbocycles. The summed E-state index contributed by atoms with van der Waals surface area (Å²) in [5.41, 5.74) is 56.5. The number of hydrogen-bond donors (Lipinski definition) is 22. The lowest BCUT2D eigenvalue weighted by Crippen LogP contribution is -2.61. The topological polar surface area (TPSA) is 655 Å². The van der Waals surface area contributed by atoms with Gasteiger partial charge in [0.25, 0.3) is 0 Å². The summed E-state index contributed by atoms with van der Waals surface area (Å²) in [4.78, 5) is 179. The van der Waals surface area contributed by atoms with Crippen LogP contribution in [-0.2, 0) is 57.5 Å². The Morgan fingerprint density at radius 2 is 0.583 bits per heavy atom. The van der Waals surface area contributed by atoms with Crippen LogP contribution >= 0.6 is 0 Å². The van der Waals surface area contributed by atoms with Gasteiger partial charge in [-0.3, -0.25) is 67.7 Å². The molecule has 37 nitrogen and oxygen atoms in total. The summed E-state index contributed by atoms with van der Waals surface area (Å²) >= 11 is 0. The molecular formula is C66H128N24O13. The van der Waals surface area contributed by atoms with Gasteiger partial charge >= 0.3 is 5.97 Å². The van der Waals surface area contributed by atoms with Crippen molar-refractivity contribution in [2.24, 2.45) is 96.0 Å². The van der Waals surface area contributed by atoms with Crippen molar-refractivity contribution >= 4 is 88.8 Å². The number of nitrogens with zero attached hydrogens (tertiary/aromatic N) is 3. The Morgan fingerprint density at radius 1 is 0.320 bits per heavy atom. The Morgan fingerprint density at radius 3 is 0.903 bits per heavy atom. The average Bonchev–Trinajstić information content (AvgIpc) is 0.862. The largest absolute Gasteiger partial charge is 0.480 e. The molecule has 0 heterocycles. The van der Waals surface area contributed by atoms with Gasteiger partial charge in [0, 0.05) is 19.6 Å². The standard InChI is InChI=1S/C66H128N24O13/c1-11-39(8)51(62(101)81-41(10)53(92)83-47(26-20-32-79-66(75)76)58(97)89-50(63(102)103)35-38(6)7)90-59(98)45(24-14-17-29-69)85-56(95)46(25-19-31-78-65(73)74)82-52(91)40(9)80-60(99)48(33-36(2)3)88-57(96)44(23-13-16-28-68)84-55(94)43(22-12-15-27-67)86-61(100)49(34-37(4)5)87-54(93)42(70)21-18-30-77-64(71)72/h36-51H,11-35,67-70H2,1-10H3,(H,80,99)(H,81,101)(H,82,91)(H,83,92)(H,84,94)(H,85,95)(H,86,100)(H,87,93)(H,88,96)(H,89,97)(H,90,98)(H,102,103)(H4,71,72,77)(H4,73,74,78)(H4,75,76,79). The highest BCUT2D eigenvalue weighted by Gasteiger charge is 2.37. The van der Waals surface area contributed by atoms with Crippen LogP contribution in [0.2, 0.25) is 0 Å². The number of rotatable bonds is 55. The smallest absolute Gasteiger partial charge is 0.326 e. The van der Waals surface area contributed by atoms with Gasteiger partial charge in [-0.1, -0.05) is 61.8 Å². The van der Waals surface area contributed by atoms with Crippen molar-refractivity contribution in [3.8, 4) is 0 Å². The molecule has 13 atom stereocenters. The summed E-state index contributed by atoms with van der Waals surface area (Å²) in [6.07, 6.45) is 4.06. The molecular weight excluding hydrogens is 1340 g/mol. The van der Waals surface area contributed by atoms with Crippen molar-refractivity contribution in [2.45, 2.75) is 264 Å². The highest BCUT2D eigenvalue weighted by Crippen LogP contribution is 2.15. The zero-order chi connectivity index (χ0) is 78.5. The number of nitrogens with two attached hydrogens (primary N) is 10. The van der Waals surface area contributed by atoms with E-state index in [0.717, 1.165) is 0 Å². The van der Waals surface area contributed by atoms with Crippen molar-refractivity contribution in [1.29, 1.82) is 0 Å². The second kappa shape index (κ2) is 52.3. The summed E-state index contributed by atoms with van der Waals surface area (Å²) in [7, 11) is 0. The quantitative estimate of drug-likeness (QED) is 0.0155. The number of carbonyl (C=O) groups excluding carboxylic acids is 11. The normalized spacial score (nSPS) is 15.0. The molecule has 0 radical (unpaired) electrons. The predicted molar refractivity (Wildman–Crippen MR) is 394 cm³/mol. The lowest BCUT2D eigenvalue weighted by molar-refractivity contribution is -0.143. The number of aliphatic imine (C=N–C) groups is 3. The van der Waals surface area contributed by atoms with Crippen molar-refractivity contribution in [1.82, 2.24) is 58.5 Å². The van der Waals surface area contributed by atoms with E-state index in [1.807, 2.05) is 13.8 Å². The van der Waals surface area contributed by atoms with E-state index in [1.165, 1.54) is 13.8 Å². The first-order chi connectivity index (χ1) is 48.4. The molecule has 11 amide bonds. The molecule has 0 aromatic heterocycles. The van der Waals surface area contributed by atoms with Gasteiger partial charge in [0.1, 0.15) is 66.5 Å². The van der Waals surface area contributed by atoms with Crippen LogP contribution in [0, 0.1) is 23.7 Å². The average molecular weight is 1470 g/mol. The van der Waals surface area contributed by atoms with Crippen LogP contribution in [0.3, 0.4) is 0 Å². The van der Waals surface area contributed by atoms with E-state index in [0.29, 0.717) is 51.4 Å². The maximum atomic E-state index is 14.5. The molecule has 103 heavy (non-hydrogen) atoms. The van der Waals surface area contributed by atoms with E-state index in [2.05, 4.69) is 73.5 Å². The van der Waals surface area contributed by atoms with E-state index in [-0.39, 0.29) is 146 Å². The van der Waals surface area contributed by atoms with Gasteiger partial charge in [0.2, 0.25) is 65.0 Å². The minimum atomic E-state index is -1.40. The number of hydrogen-bond acceptors (Lipinski definition) is 19. The third-order valence-electron chi connectivity index (χ3n) is 16.5. The SMILES string of the molecule is CCC(C)C(NC(=O)C(CCCCN)NC(=O)C(CCCN=C(N)N)NC(=O)C(C)NC(=O)C(CC(C)C)NC(=O)C(CCCCN)NC(=O)C(CCCCN)NC(=O)C(CC(C)C)NC(=O)C(N)CCCN=C(N)N)C(=O)NC(C)C(=O)NC(CCCN=C(N)N)C(=O)NC(CC(C)C)C(=O)O. The number of aliphatic carboxylic acids is 1. The van der Waals surface area contributed by atoms with Crippen LogP contribution in [0.4, 0.5) is 0 Å². The fourth-order valence-electron chi connectivity index (χ4n) is 10.5. The zero-order valence-electron chi connectivity index (χ0n) is 62.4. The van der Waals surface area contributed by atoms with E-state index in [1.54, 1.807) is 41.5 Å². The summed E-state index contributed by atoms with van der Waals surface area (Å²) in [5, 5.41) is 39.2. The Kier molecular flexibility index (Phi) is 47.9. The molecule has 0 bridgehead atoms. The predicted octanol–water partition coefficient (Wildman–Crippen LogP) is -4.50. The minimum Gasteiger partial charge on any atom is -0.480 e. The number of carbonyl (C=O) groups is 12. The van der Waals surface area contributed by atoms with Gasteiger partial charge in [-0.15, -0.1) is 0 Å². The van der Waals surface area contributed by atoms with Gasteiger partial charge < -0.3 is 121 Å². The Labute approximate surface area is 606 Å².